The maximum atomic E-state index is 12.5. The Kier molecular flexibility index (Phi) is 5.14. The van der Waals surface area contributed by atoms with Gasteiger partial charge in [-0.3, -0.25) is 4.79 Å². The second-order valence-corrected chi connectivity index (χ2v) is 6.24. The molecule has 1 aromatic heterocycles. The van der Waals surface area contributed by atoms with Crippen LogP contribution in [0.2, 0.25) is 5.02 Å². The van der Waals surface area contributed by atoms with Crippen molar-refractivity contribution >= 4 is 28.9 Å². The normalized spacial score (nSPS) is 10.5. The van der Waals surface area contributed by atoms with Crippen molar-refractivity contribution in [2.45, 2.75) is 6.92 Å². The lowest BCUT2D eigenvalue weighted by molar-refractivity contribution is 0.0697. The van der Waals surface area contributed by atoms with E-state index in [0.717, 1.165) is 5.56 Å². The van der Waals surface area contributed by atoms with Crippen molar-refractivity contribution in [1.82, 2.24) is 9.78 Å². The SMILES string of the molecule is Cc1cc(Oc2cnn(C)c(=O)c2Nc2ccc(C(=O)O)cc2)ccc1Cl. The van der Waals surface area contributed by atoms with Crippen LogP contribution >= 0.6 is 11.6 Å². The van der Waals surface area contributed by atoms with Gasteiger partial charge in [0.25, 0.3) is 5.56 Å². The fraction of sp³-hybridized carbons (Fsp3) is 0.105. The fourth-order valence-electron chi connectivity index (χ4n) is 2.36. The zero-order chi connectivity index (χ0) is 19.6. The van der Waals surface area contributed by atoms with Gasteiger partial charge in [0.05, 0.1) is 11.8 Å². The van der Waals surface area contributed by atoms with Gasteiger partial charge in [0.1, 0.15) is 5.75 Å². The van der Waals surface area contributed by atoms with Crippen LogP contribution in [0.1, 0.15) is 15.9 Å². The minimum atomic E-state index is -1.02. The van der Waals surface area contributed by atoms with Crippen LogP contribution in [0.25, 0.3) is 0 Å². The van der Waals surface area contributed by atoms with Gasteiger partial charge in [0, 0.05) is 17.8 Å². The highest BCUT2D eigenvalue weighted by Gasteiger charge is 2.14. The van der Waals surface area contributed by atoms with E-state index in [1.807, 2.05) is 6.92 Å². The van der Waals surface area contributed by atoms with E-state index in [0.29, 0.717) is 16.5 Å². The van der Waals surface area contributed by atoms with E-state index in [1.54, 1.807) is 30.3 Å². The topological polar surface area (TPSA) is 93.5 Å². The monoisotopic (exact) mass is 385 g/mol. The Morgan fingerprint density at radius 1 is 1.22 bits per heavy atom. The Labute approximate surface area is 159 Å². The van der Waals surface area contributed by atoms with Crippen molar-refractivity contribution in [3.8, 4) is 11.5 Å². The molecule has 0 saturated heterocycles. The van der Waals surface area contributed by atoms with E-state index in [4.69, 9.17) is 21.4 Å². The number of hydrogen-bond acceptors (Lipinski definition) is 5. The largest absolute Gasteiger partial charge is 0.478 e. The quantitative estimate of drug-likeness (QED) is 0.690. The minimum absolute atomic E-state index is 0.149. The van der Waals surface area contributed by atoms with E-state index < -0.39 is 5.97 Å². The number of carboxylic acid groups (broad SMARTS) is 1. The summed E-state index contributed by atoms with van der Waals surface area (Å²) >= 11 is 6.03. The third kappa shape index (κ3) is 4.09. The first-order valence-electron chi connectivity index (χ1n) is 7.96. The molecule has 0 atom stereocenters. The van der Waals surface area contributed by atoms with Gasteiger partial charge in [0.2, 0.25) is 0 Å². The van der Waals surface area contributed by atoms with E-state index in [9.17, 15) is 9.59 Å². The summed E-state index contributed by atoms with van der Waals surface area (Å²) in [5, 5.41) is 16.6. The third-order valence-electron chi connectivity index (χ3n) is 3.86. The summed E-state index contributed by atoms with van der Waals surface area (Å²) < 4.78 is 7.00. The molecule has 27 heavy (non-hydrogen) atoms. The lowest BCUT2D eigenvalue weighted by atomic mass is 10.2. The van der Waals surface area contributed by atoms with Crippen molar-refractivity contribution in [2.24, 2.45) is 7.05 Å². The Morgan fingerprint density at radius 2 is 1.93 bits per heavy atom. The van der Waals surface area contributed by atoms with Crippen molar-refractivity contribution in [3.05, 3.63) is 75.2 Å². The van der Waals surface area contributed by atoms with E-state index in [1.165, 1.54) is 30.1 Å². The van der Waals surface area contributed by atoms with Crippen LogP contribution in [0, 0.1) is 6.92 Å². The Bertz CT molecular complexity index is 1060. The average Bonchev–Trinajstić information content (AvgIpc) is 2.64. The van der Waals surface area contributed by atoms with Crippen LogP contribution < -0.4 is 15.6 Å². The molecule has 0 aliphatic heterocycles. The van der Waals surface area contributed by atoms with Gasteiger partial charge in [-0.05, 0) is 55.0 Å². The number of anilines is 2. The summed E-state index contributed by atoms with van der Waals surface area (Å²) in [5.41, 5.74) is 1.32. The molecule has 0 radical (unpaired) electrons. The molecule has 8 heteroatoms. The summed E-state index contributed by atoms with van der Waals surface area (Å²) in [6.45, 7) is 1.85. The maximum Gasteiger partial charge on any atom is 0.335 e. The molecule has 1 heterocycles. The van der Waals surface area contributed by atoms with Crippen LogP contribution in [-0.4, -0.2) is 20.9 Å². The van der Waals surface area contributed by atoms with E-state index in [2.05, 4.69) is 10.4 Å². The molecule has 2 N–H and O–H groups in total. The Morgan fingerprint density at radius 3 is 2.56 bits per heavy atom. The molecule has 0 saturated carbocycles. The lowest BCUT2D eigenvalue weighted by Gasteiger charge is -2.13. The van der Waals surface area contributed by atoms with Crippen molar-refractivity contribution < 1.29 is 14.6 Å². The van der Waals surface area contributed by atoms with Gasteiger partial charge in [0.15, 0.2) is 11.4 Å². The van der Waals surface area contributed by atoms with Crippen molar-refractivity contribution in [3.63, 3.8) is 0 Å². The first-order chi connectivity index (χ1) is 12.8. The van der Waals surface area contributed by atoms with Gasteiger partial charge >= 0.3 is 5.97 Å². The van der Waals surface area contributed by atoms with E-state index >= 15 is 0 Å². The highest BCUT2D eigenvalue weighted by atomic mass is 35.5. The molecule has 0 unspecified atom stereocenters. The predicted molar refractivity (Wildman–Crippen MR) is 102 cm³/mol. The first kappa shape index (κ1) is 18.5. The molecule has 0 aliphatic carbocycles. The van der Waals surface area contributed by atoms with Gasteiger partial charge in [-0.25, -0.2) is 9.48 Å². The molecule has 138 valence electrons. The molecule has 0 bridgehead atoms. The number of hydrogen-bond donors (Lipinski definition) is 2. The number of benzene rings is 2. The minimum Gasteiger partial charge on any atom is -0.478 e. The number of nitrogens with zero attached hydrogens (tertiary/aromatic N) is 2. The van der Waals surface area contributed by atoms with Crippen LogP contribution in [0.15, 0.2) is 53.5 Å². The smallest absolute Gasteiger partial charge is 0.335 e. The summed E-state index contributed by atoms with van der Waals surface area (Å²) in [7, 11) is 1.53. The number of rotatable bonds is 5. The van der Waals surface area contributed by atoms with Crippen LogP contribution in [0.5, 0.6) is 11.5 Å². The predicted octanol–water partition coefficient (Wildman–Crippen LogP) is 3.98. The van der Waals surface area contributed by atoms with Crippen molar-refractivity contribution in [2.75, 3.05) is 5.32 Å². The highest BCUT2D eigenvalue weighted by Crippen LogP contribution is 2.30. The molecule has 0 aliphatic rings. The number of nitrogens with one attached hydrogen (secondary N) is 1. The zero-order valence-electron chi connectivity index (χ0n) is 14.6. The number of carbonyl (C=O) groups is 1. The number of aromatic nitrogens is 2. The Hall–Kier alpha value is -3.32. The Balaban J connectivity index is 1.96. The average molecular weight is 386 g/mol. The number of aromatic carboxylic acids is 1. The second-order valence-electron chi connectivity index (χ2n) is 5.83. The van der Waals surface area contributed by atoms with Crippen LogP contribution in [-0.2, 0) is 7.05 Å². The van der Waals surface area contributed by atoms with Crippen LogP contribution in [0.3, 0.4) is 0 Å². The van der Waals surface area contributed by atoms with Gasteiger partial charge in [-0.2, -0.15) is 5.10 Å². The van der Waals surface area contributed by atoms with Crippen molar-refractivity contribution in [1.29, 1.82) is 0 Å². The second kappa shape index (κ2) is 7.51. The first-order valence-corrected chi connectivity index (χ1v) is 8.33. The number of carboxylic acids is 1. The summed E-state index contributed by atoms with van der Waals surface area (Å²) in [4.78, 5) is 23.5. The molecule has 2 aromatic carbocycles. The molecule has 0 amide bonds. The number of aryl methyl sites for hydroxylation is 2. The summed E-state index contributed by atoms with van der Waals surface area (Å²) in [6.07, 6.45) is 1.43. The molecular weight excluding hydrogens is 370 g/mol. The lowest BCUT2D eigenvalue weighted by Crippen LogP contribution is -2.22. The molecule has 0 fully saturated rings. The zero-order valence-corrected chi connectivity index (χ0v) is 15.3. The highest BCUT2D eigenvalue weighted by molar-refractivity contribution is 6.31. The molecule has 3 rings (SSSR count). The van der Waals surface area contributed by atoms with Crippen LogP contribution in [0.4, 0.5) is 11.4 Å². The van der Waals surface area contributed by atoms with Gasteiger partial charge in [-0.1, -0.05) is 11.6 Å². The summed E-state index contributed by atoms with van der Waals surface area (Å²) in [5.74, 6) is -0.276. The number of ether oxygens (including phenoxy) is 1. The fourth-order valence-corrected chi connectivity index (χ4v) is 2.48. The molecule has 0 spiro atoms. The van der Waals surface area contributed by atoms with E-state index in [-0.39, 0.29) is 22.6 Å². The maximum absolute atomic E-state index is 12.5. The van der Waals surface area contributed by atoms with Gasteiger partial charge < -0.3 is 15.2 Å². The standard InChI is InChI=1S/C19H16ClN3O4/c1-11-9-14(7-8-15(11)20)27-16-10-21-23(2)18(24)17(16)22-13-5-3-12(4-6-13)19(25)26/h3-10,22H,1-2H3,(H,25,26). The molecule has 3 aromatic rings. The molecule has 7 nitrogen and oxygen atoms in total. The number of halogens is 1. The molecular formula is C19H16ClN3O4. The summed E-state index contributed by atoms with van der Waals surface area (Å²) in [6, 6.07) is 11.2. The van der Waals surface area contributed by atoms with Gasteiger partial charge in [-0.15, -0.1) is 0 Å². The third-order valence-corrected chi connectivity index (χ3v) is 4.28.